The zero-order valence-electron chi connectivity index (χ0n) is 18.0. The third-order valence-electron chi connectivity index (χ3n) is 7.83. The van der Waals surface area contributed by atoms with Crippen molar-refractivity contribution in [2.45, 2.75) is 51.0 Å². The Hall–Kier alpha value is -2.40. The fourth-order valence-corrected chi connectivity index (χ4v) is 6.50. The standard InChI is InChI=1S/C26H32N2O3/c29-17-26-14-18-7-8-24(23(16-26)20(12-18)15-26)28-25(30)19-4-3-6-22(13-19)31-11-9-21-5-1-2-10-27-21/h1-6,10,13,18,20,23-24,29H,7-9,11-12,14-17H2,(H,28,30). The van der Waals surface area contributed by atoms with Crippen molar-refractivity contribution in [2.24, 2.45) is 23.2 Å². The van der Waals surface area contributed by atoms with E-state index in [0.29, 0.717) is 42.3 Å². The molecule has 0 radical (unpaired) electrons. The second-order valence-electron chi connectivity index (χ2n) is 9.90. The second-order valence-corrected chi connectivity index (χ2v) is 9.90. The first kappa shape index (κ1) is 20.5. The van der Waals surface area contributed by atoms with Crippen LogP contribution in [0, 0.1) is 23.2 Å². The number of hydrogen-bond donors (Lipinski definition) is 2. The van der Waals surface area contributed by atoms with Crippen molar-refractivity contribution in [3.05, 3.63) is 59.9 Å². The number of hydrogen-bond acceptors (Lipinski definition) is 4. The van der Waals surface area contributed by atoms with Crippen molar-refractivity contribution >= 4 is 5.91 Å². The monoisotopic (exact) mass is 420 g/mol. The topological polar surface area (TPSA) is 71.5 Å². The highest BCUT2D eigenvalue weighted by molar-refractivity contribution is 5.94. The van der Waals surface area contributed by atoms with Crippen LogP contribution in [-0.2, 0) is 6.42 Å². The van der Waals surface area contributed by atoms with Crippen LogP contribution in [-0.4, -0.2) is 35.3 Å². The SMILES string of the molecule is O=C(NC1CCC2CC3CC(CO)(C2)CC31)c1cccc(OCCc2ccccn2)c1. The molecule has 3 aliphatic carbocycles. The summed E-state index contributed by atoms with van der Waals surface area (Å²) in [5, 5.41) is 13.4. The van der Waals surface area contributed by atoms with E-state index in [4.69, 9.17) is 4.74 Å². The summed E-state index contributed by atoms with van der Waals surface area (Å²) >= 11 is 0. The lowest BCUT2D eigenvalue weighted by Crippen LogP contribution is -2.41. The molecule has 5 atom stereocenters. The molecular weight excluding hydrogens is 388 g/mol. The third-order valence-corrected chi connectivity index (χ3v) is 7.83. The Bertz CT molecular complexity index is 918. The van der Waals surface area contributed by atoms with Crippen molar-refractivity contribution in [3.8, 4) is 5.75 Å². The number of ether oxygens (including phenoxy) is 1. The Balaban J connectivity index is 1.21. The zero-order chi connectivity index (χ0) is 21.3. The van der Waals surface area contributed by atoms with Gasteiger partial charge in [0.2, 0.25) is 0 Å². The number of benzene rings is 1. The molecule has 1 aromatic heterocycles. The minimum atomic E-state index is -0.0144. The Morgan fingerprint density at radius 1 is 1.16 bits per heavy atom. The summed E-state index contributed by atoms with van der Waals surface area (Å²) in [6, 6.07) is 13.5. The van der Waals surface area contributed by atoms with E-state index in [0.717, 1.165) is 37.8 Å². The van der Waals surface area contributed by atoms with Gasteiger partial charge in [0, 0.05) is 36.5 Å². The van der Waals surface area contributed by atoms with Gasteiger partial charge in [-0.25, -0.2) is 0 Å². The molecule has 2 aromatic rings. The lowest BCUT2D eigenvalue weighted by molar-refractivity contribution is 0.0653. The van der Waals surface area contributed by atoms with E-state index >= 15 is 0 Å². The first-order valence-corrected chi connectivity index (χ1v) is 11.7. The molecule has 164 valence electrons. The van der Waals surface area contributed by atoms with Crippen LogP contribution in [0.2, 0.25) is 0 Å². The van der Waals surface area contributed by atoms with Gasteiger partial charge in [-0.15, -0.1) is 0 Å². The smallest absolute Gasteiger partial charge is 0.251 e. The Kier molecular flexibility index (Phi) is 5.70. The van der Waals surface area contributed by atoms with Gasteiger partial charge in [-0.1, -0.05) is 12.1 Å². The van der Waals surface area contributed by atoms with Crippen LogP contribution in [0.3, 0.4) is 0 Å². The Labute approximate surface area is 184 Å². The van der Waals surface area contributed by atoms with Crippen molar-refractivity contribution in [1.29, 1.82) is 0 Å². The number of aliphatic hydroxyl groups is 1. The number of nitrogens with one attached hydrogen (secondary N) is 1. The quantitative estimate of drug-likeness (QED) is 0.710. The second kappa shape index (κ2) is 8.62. The lowest BCUT2D eigenvalue weighted by atomic mass is 9.70. The van der Waals surface area contributed by atoms with E-state index in [-0.39, 0.29) is 17.4 Å². The summed E-state index contributed by atoms with van der Waals surface area (Å²) in [5.41, 5.74) is 1.76. The molecule has 1 aromatic carbocycles. The fraction of sp³-hybridized carbons (Fsp3) is 0.538. The highest BCUT2D eigenvalue weighted by Crippen LogP contribution is 2.59. The number of carbonyl (C=O) groups is 1. The molecule has 5 rings (SSSR count). The molecule has 2 N–H and O–H groups in total. The molecule has 5 unspecified atom stereocenters. The van der Waals surface area contributed by atoms with Gasteiger partial charge in [0.25, 0.3) is 5.91 Å². The summed E-state index contributed by atoms with van der Waals surface area (Å²) in [6.45, 7) is 0.828. The number of nitrogens with zero attached hydrogens (tertiary/aromatic N) is 1. The van der Waals surface area contributed by atoms with E-state index in [9.17, 15) is 9.90 Å². The first-order chi connectivity index (χ1) is 15.1. The Morgan fingerprint density at radius 2 is 2.10 bits per heavy atom. The van der Waals surface area contributed by atoms with E-state index < -0.39 is 0 Å². The van der Waals surface area contributed by atoms with Crippen LogP contribution in [0.15, 0.2) is 48.7 Å². The number of amides is 1. The van der Waals surface area contributed by atoms with Crippen LogP contribution in [0.4, 0.5) is 0 Å². The summed E-state index contributed by atoms with van der Waals surface area (Å²) < 4.78 is 5.88. The highest BCUT2D eigenvalue weighted by Gasteiger charge is 2.54. The van der Waals surface area contributed by atoms with Gasteiger partial charge in [0.15, 0.2) is 0 Å². The van der Waals surface area contributed by atoms with Crippen LogP contribution in [0.1, 0.15) is 54.6 Å². The molecule has 31 heavy (non-hydrogen) atoms. The first-order valence-electron chi connectivity index (χ1n) is 11.7. The third kappa shape index (κ3) is 4.33. The van der Waals surface area contributed by atoms with Gasteiger partial charge in [0.1, 0.15) is 5.75 Å². The van der Waals surface area contributed by atoms with Crippen LogP contribution >= 0.6 is 0 Å². The minimum absolute atomic E-state index is 0.0144. The largest absolute Gasteiger partial charge is 0.493 e. The summed E-state index contributed by atoms with van der Waals surface area (Å²) in [5.74, 6) is 2.57. The summed E-state index contributed by atoms with van der Waals surface area (Å²) in [7, 11) is 0. The lowest BCUT2D eigenvalue weighted by Gasteiger charge is -2.36. The molecule has 3 aliphatic rings. The van der Waals surface area contributed by atoms with Crippen LogP contribution < -0.4 is 10.1 Å². The fourth-order valence-electron chi connectivity index (χ4n) is 6.50. The normalized spacial score (nSPS) is 31.3. The number of pyridine rings is 1. The maximum atomic E-state index is 13.1. The number of rotatable bonds is 7. The van der Waals surface area contributed by atoms with E-state index in [1.54, 1.807) is 6.20 Å². The molecule has 1 amide bonds. The van der Waals surface area contributed by atoms with E-state index in [1.807, 2.05) is 42.5 Å². The van der Waals surface area contributed by atoms with Gasteiger partial charge < -0.3 is 15.2 Å². The van der Waals surface area contributed by atoms with Gasteiger partial charge in [-0.3, -0.25) is 9.78 Å². The molecule has 3 saturated carbocycles. The van der Waals surface area contributed by atoms with E-state index in [1.165, 1.54) is 12.8 Å². The van der Waals surface area contributed by atoms with Crippen molar-refractivity contribution < 1.29 is 14.6 Å². The number of aromatic nitrogens is 1. The summed E-state index contributed by atoms with van der Waals surface area (Å²) in [6.07, 6.45) is 9.39. The zero-order valence-corrected chi connectivity index (χ0v) is 18.0. The van der Waals surface area contributed by atoms with Gasteiger partial charge in [-0.05, 0) is 92.0 Å². The molecule has 0 spiro atoms. The molecule has 3 bridgehead atoms. The average molecular weight is 421 g/mol. The number of carbonyl (C=O) groups excluding carboxylic acids is 1. The van der Waals surface area contributed by atoms with Crippen LogP contribution in [0.5, 0.6) is 5.75 Å². The van der Waals surface area contributed by atoms with Gasteiger partial charge in [0.05, 0.1) is 6.61 Å². The number of fused-ring (bicyclic) bond motifs is 2. The molecule has 0 aliphatic heterocycles. The van der Waals surface area contributed by atoms with Gasteiger partial charge in [-0.2, -0.15) is 0 Å². The predicted molar refractivity (Wildman–Crippen MR) is 119 cm³/mol. The van der Waals surface area contributed by atoms with Crippen molar-refractivity contribution in [1.82, 2.24) is 10.3 Å². The molecule has 1 heterocycles. The Morgan fingerprint density at radius 3 is 2.94 bits per heavy atom. The van der Waals surface area contributed by atoms with Crippen molar-refractivity contribution in [2.75, 3.05) is 13.2 Å². The molecule has 5 nitrogen and oxygen atoms in total. The maximum Gasteiger partial charge on any atom is 0.251 e. The molecular formula is C26H32N2O3. The molecule has 5 heteroatoms. The van der Waals surface area contributed by atoms with E-state index in [2.05, 4.69) is 10.3 Å². The maximum absolute atomic E-state index is 13.1. The minimum Gasteiger partial charge on any atom is -0.493 e. The average Bonchev–Trinajstić information content (AvgIpc) is 3.01. The summed E-state index contributed by atoms with van der Waals surface area (Å²) in [4.78, 5) is 17.4. The predicted octanol–water partition coefficient (Wildman–Crippen LogP) is 4.01. The van der Waals surface area contributed by atoms with Crippen molar-refractivity contribution in [3.63, 3.8) is 0 Å². The number of aliphatic hydroxyl groups excluding tert-OH is 1. The van der Waals surface area contributed by atoms with Crippen LogP contribution in [0.25, 0.3) is 0 Å². The van der Waals surface area contributed by atoms with Gasteiger partial charge >= 0.3 is 0 Å². The highest BCUT2D eigenvalue weighted by atomic mass is 16.5. The molecule has 3 fully saturated rings. The molecule has 0 saturated heterocycles.